The van der Waals surface area contributed by atoms with Crippen LogP contribution in [0.15, 0.2) is 49.2 Å². The number of hydrogen-bond acceptors (Lipinski definition) is 3. The fourth-order valence-corrected chi connectivity index (χ4v) is 1.27. The van der Waals surface area contributed by atoms with E-state index in [1.807, 2.05) is 30.3 Å². The van der Waals surface area contributed by atoms with Gasteiger partial charge in [-0.1, -0.05) is 30.0 Å². The van der Waals surface area contributed by atoms with Gasteiger partial charge in [0.05, 0.1) is 11.9 Å². The standard InChI is InChI=1S/C11H9N3O/c1-2-11(15)10-8-12-13-14(10)9-6-4-3-5-7-9/h2-8H,1H2. The van der Waals surface area contributed by atoms with Crippen LogP contribution in [0.3, 0.4) is 0 Å². The van der Waals surface area contributed by atoms with Gasteiger partial charge in [0.2, 0.25) is 5.78 Å². The third kappa shape index (κ3) is 1.69. The predicted octanol–water partition coefficient (Wildman–Crippen LogP) is 1.64. The lowest BCUT2D eigenvalue weighted by Crippen LogP contribution is -2.06. The lowest BCUT2D eigenvalue weighted by Gasteiger charge is -2.02. The second-order valence-electron chi connectivity index (χ2n) is 2.93. The molecule has 0 saturated heterocycles. The SMILES string of the molecule is C=CC(=O)c1cnnn1-c1ccccc1. The zero-order chi connectivity index (χ0) is 10.7. The first-order chi connectivity index (χ1) is 7.33. The van der Waals surface area contributed by atoms with E-state index in [9.17, 15) is 4.79 Å². The fraction of sp³-hybridized carbons (Fsp3) is 0. The first kappa shape index (κ1) is 9.33. The Kier molecular flexibility index (Phi) is 2.41. The number of benzene rings is 1. The molecule has 0 amide bonds. The molecular weight excluding hydrogens is 190 g/mol. The quantitative estimate of drug-likeness (QED) is 0.557. The predicted molar refractivity (Wildman–Crippen MR) is 55.9 cm³/mol. The highest BCUT2D eigenvalue weighted by atomic mass is 16.1. The molecule has 0 atom stereocenters. The van der Waals surface area contributed by atoms with E-state index in [0.29, 0.717) is 5.69 Å². The molecule has 0 radical (unpaired) electrons. The molecule has 2 aromatic rings. The van der Waals surface area contributed by atoms with Gasteiger partial charge in [0.25, 0.3) is 0 Å². The van der Waals surface area contributed by atoms with Crippen LogP contribution in [0, 0.1) is 0 Å². The highest BCUT2D eigenvalue weighted by Gasteiger charge is 2.10. The van der Waals surface area contributed by atoms with Crippen molar-refractivity contribution in [1.29, 1.82) is 0 Å². The van der Waals surface area contributed by atoms with E-state index in [0.717, 1.165) is 5.69 Å². The van der Waals surface area contributed by atoms with Crippen molar-refractivity contribution in [3.63, 3.8) is 0 Å². The van der Waals surface area contributed by atoms with Crippen LogP contribution in [0.2, 0.25) is 0 Å². The smallest absolute Gasteiger partial charge is 0.205 e. The van der Waals surface area contributed by atoms with Crippen molar-refractivity contribution in [2.45, 2.75) is 0 Å². The van der Waals surface area contributed by atoms with Crippen molar-refractivity contribution in [3.8, 4) is 5.69 Å². The minimum atomic E-state index is -0.191. The molecule has 0 N–H and O–H groups in total. The molecule has 0 saturated carbocycles. The molecule has 0 aliphatic carbocycles. The Balaban J connectivity index is 2.50. The van der Waals surface area contributed by atoms with Gasteiger partial charge in [-0.2, -0.15) is 0 Å². The van der Waals surface area contributed by atoms with Gasteiger partial charge in [-0.15, -0.1) is 5.10 Å². The monoisotopic (exact) mass is 199 g/mol. The Labute approximate surface area is 86.9 Å². The maximum atomic E-state index is 11.4. The molecule has 0 fully saturated rings. The van der Waals surface area contributed by atoms with Crippen LogP contribution in [-0.4, -0.2) is 20.8 Å². The molecular formula is C11H9N3O. The molecule has 0 unspecified atom stereocenters. The van der Waals surface area contributed by atoms with Gasteiger partial charge < -0.3 is 0 Å². The Bertz CT molecular complexity index is 488. The van der Waals surface area contributed by atoms with Crippen LogP contribution in [0.25, 0.3) is 5.69 Å². The lowest BCUT2D eigenvalue weighted by molar-refractivity contribution is 0.104. The van der Waals surface area contributed by atoms with Gasteiger partial charge in [-0.3, -0.25) is 4.79 Å². The van der Waals surface area contributed by atoms with Crippen molar-refractivity contribution in [2.75, 3.05) is 0 Å². The third-order valence-electron chi connectivity index (χ3n) is 1.99. The maximum Gasteiger partial charge on any atom is 0.205 e. The molecule has 0 bridgehead atoms. The van der Waals surface area contributed by atoms with Crippen LogP contribution < -0.4 is 0 Å². The van der Waals surface area contributed by atoms with Crippen LogP contribution in [0.1, 0.15) is 10.5 Å². The number of carbonyl (C=O) groups is 1. The zero-order valence-electron chi connectivity index (χ0n) is 8.00. The highest BCUT2D eigenvalue weighted by molar-refractivity contribution is 6.02. The first-order valence-electron chi connectivity index (χ1n) is 4.46. The van der Waals surface area contributed by atoms with E-state index in [4.69, 9.17) is 0 Å². The number of nitrogens with zero attached hydrogens (tertiary/aromatic N) is 3. The molecule has 15 heavy (non-hydrogen) atoms. The summed E-state index contributed by atoms with van der Waals surface area (Å²) in [6, 6.07) is 9.36. The van der Waals surface area contributed by atoms with Gasteiger partial charge in [0.1, 0.15) is 5.69 Å². The summed E-state index contributed by atoms with van der Waals surface area (Å²) >= 11 is 0. The van der Waals surface area contributed by atoms with E-state index in [1.165, 1.54) is 17.0 Å². The molecule has 1 aromatic carbocycles. The summed E-state index contributed by atoms with van der Waals surface area (Å²) in [4.78, 5) is 11.4. The van der Waals surface area contributed by atoms with Crippen LogP contribution in [-0.2, 0) is 0 Å². The van der Waals surface area contributed by atoms with E-state index >= 15 is 0 Å². The second-order valence-corrected chi connectivity index (χ2v) is 2.93. The number of hydrogen-bond donors (Lipinski definition) is 0. The van der Waals surface area contributed by atoms with E-state index < -0.39 is 0 Å². The lowest BCUT2D eigenvalue weighted by atomic mass is 10.2. The van der Waals surface area contributed by atoms with Crippen molar-refractivity contribution < 1.29 is 4.79 Å². The van der Waals surface area contributed by atoms with Gasteiger partial charge in [-0.25, -0.2) is 4.68 Å². The second kappa shape index (κ2) is 3.88. The summed E-state index contributed by atoms with van der Waals surface area (Å²) in [6.45, 7) is 3.43. The highest BCUT2D eigenvalue weighted by Crippen LogP contribution is 2.09. The van der Waals surface area contributed by atoms with E-state index in [-0.39, 0.29) is 5.78 Å². The molecule has 0 aliphatic heterocycles. The Morgan fingerprint density at radius 3 is 2.73 bits per heavy atom. The summed E-state index contributed by atoms with van der Waals surface area (Å²) in [6.07, 6.45) is 2.68. The summed E-state index contributed by atoms with van der Waals surface area (Å²) in [7, 11) is 0. The van der Waals surface area contributed by atoms with Crippen LogP contribution in [0.4, 0.5) is 0 Å². The van der Waals surface area contributed by atoms with Crippen molar-refractivity contribution in [2.24, 2.45) is 0 Å². The minimum Gasteiger partial charge on any atom is -0.287 e. The molecule has 1 aromatic heterocycles. The van der Waals surface area contributed by atoms with Crippen molar-refractivity contribution >= 4 is 5.78 Å². The summed E-state index contributed by atoms with van der Waals surface area (Å²) in [5.41, 5.74) is 1.22. The summed E-state index contributed by atoms with van der Waals surface area (Å²) in [5.74, 6) is -0.191. The van der Waals surface area contributed by atoms with Gasteiger partial charge >= 0.3 is 0 Å². The molecule has 0 spiro atoms. The van der Waals surface area contributed by atoms with E-state index in [2.05, 4.69) is 16.9 Å². The number of allylic oxidation sites excluding steroid dienone is 1. The normalized spacial score (nSPS) is 9.87. The van der Waals surface area contributed by atoms with Crippen LogP contribution in [0.5, 0.6) is 0 Å². The maximum absolute atomic E-state index is 11.4. The first-order valence-corrected chi connectivity index (χ1v) is 4.46. The number of carbonyl (C=O) groups excluding carboxylic acids is 1. The number of aromatic nitrogens is 3. The van der Waals surface area contributed by atoms with Crippen molar-refractivity contribution in [1.82, 2.24) is 15.0 Å². The zero-order valence-corrected chi connectivity index (χ0v) is 8.00. The number of ketones is 1. The number of para-hydroxylation sites is 1. The molecule has 1 heterocycles. The van der Waals surface area contributed by atoms with Crippen molar-refractivity contribution in [3.05, 3.63) is 54.9 Å². The van der Waals surface area contributed by atoms with Gasteiger partial charge in [0, 0.05) is 0 Å². The average Bonchev–Trinajstić information content (AvgIpc) is 2.78. The topological polar surface area (TPSA) is 47.8 Å². The molecule has 0 aliphatic rings. The molecule has 4 nitrogen and oxygen atoms in total. The molecule has 4 heteroatoms. The Hall–Kier alpha value is -2.23. The summed E-state index contributed by atoms with van der Waals surface area (Å²) < 4.78 is 1.49. The average molecular weight is 199 g/mol. The van der Waals surface area contributed by atoms with Gasteiger partial charge in [-0.05, 0) is 18.2 Å². The summed E-state index contributed by atoms with van der Waals surface area (Å²) in [5, 5.41) is 7.57. The molecule has 74 valence electrons. The Morgan fingerprint density at radius 1 is 1.33 bits per heavy atom. The number of rotatable bonds is 3. The van der Waals surface area contributed by atoms with E-state index in [1.54, 1.807) is 0 Å². The largest absolute Gasteiger partial charge is 0.287 e. The fourth-order valence-electron chi connectivity index (χ4n) is 1.27. The minimum absolute atomic E-state index is 0.191. The Morgan fingerprint density at radius 2 is 2.07 bits per heavy atom. The van der Waals surface area contributed by atoms with Gasteiger partial charge in [0.15, 0.2) is 0 Å². The molecule has 2 rings (SSSR count). The van der Waals surface area contributed by atoms with Crippen LogP contribution >= 0.6 is 0 Å². The third-order valence-corrected chi connectivity index (χ3v) is 1.99.